The molecular weight excluding hydrogens is 352 g/mol. The highest BCUT2D eigenvalue weighted by Gasteiger charge is 2.25. The Bertz CT molecular complexity index is 793. The smallest absolute Gasteiger partial charge is 0.226 e. The van der Waals surface area contributed by atoms with Crippen LogP contribution in [0.1, 0.15) is 45.1 Å². The van der Waals surface area contributed by atoms with Crippen LogP contribution in [-0.2, 0) is 4.79 Å². The molecule has 6 heteroatoms. The monoisotopic (exact) mass is 382 g/mol. The molecule has 1 aromatic carbocycles. The third-order valence-corrected chi connectivity index (χ3v) is 5.26. The minimum Gasteiger partial charge on any atom is -0.489 e. The first kappa shape index (κ1) is 20.1. The molecule has 0 unspecified atom stereocenters. The van der Waals surface area contributed by atoms with Crippen molar-refractivity contribution in [2.24, 2.45) is 0 Å². The Morgan fingerprint density at radius 2 is 2.07 bits per heavy atom. The minimum atomic E-state index is 0.141. The van der Waals surface area contributed by atoms with Crippen molar-refractivity contribution in [2.75, 3.05) is 36.5 Å². The fourth-order valence-electron chi connectivity index (χ4n) is 3.49. The predicted octanol–water partition coefficient (Wildman–Crippen LogP) is 3.67. The number of carbonyl (C=O) groups excluding carboxylic acids is 1. The van der Waals surface area contributed by atoms with Crippen LogP contribution in [0.3, 0.4) is 0 Å². The second-order valence-corrected chi connectivity index (χ2v) is 7.58. The quantitative estimate of drug-likeness (QED) is 0.694. The van der Waals surface area contributed by atoms with Crippen molar-refractivity contribution in [3.63, 3.8) is 0 Å². The fourth-order valence-corrected chi connectivity index (χ4v) is 3.49. The van der Waals surface area contributed by atoms with Crippen LogP contribution in [-0.4, -0.2) is 48.5 Å². The summed E-state index contributed by atoms with van der Waals surface area (Å²) in [4.78, 5) is 24.6. The molecular formula is C22H30N4O2. The van der Waals surface area contributed by atoms with E-state index in [-0.39, 0.29) is 17.8 Å². The Balaban J connectivity index is 1.58. The number of aromatic nitrogens is 2. The first-order valence-electron chi connectivity index (χ1n) is 10.0. The Kier molecular flexibility index (Phi) is 6.49. The summed E-state index contributed by atoms with van der Waals surface area (Å²) >= 11 is 0. The molecule has 3 rings (SSSR count). The van der Waals surface area contributed by atoms with Gasteiger partial charge < -0.3 is 19.3 Å². The maximum Gasteiger partial charge on any atom is 0.226 e. The van der Waals surface area contributed by atoms with Crippen molar-refractivity contribution < 1.29 is 9.53 Å². The molecule has 0 spiro atoms. The van der Waals surface area contributed by atoms with Crippen LogP contribution >= 0.6 is 0 Å². The van der Waals surface area contributed by atoms with Crippen LogP contribution in [0.25, 0.3) is 0 Å². The van der Waals surface area contributed by atoms with E-state index >= 15 is 0 Å². The van der Waals surface area contributed by atoms with Crippen molar-refractivity contribution in [3.05, 3.63) is 42.1 Å². The van der Waals surface area contributed by atoms with Crippen LogP contribution in [0.4, 0.5) is 11.8 Å². The molecule has 150 valence electrons. The van der Waals surface area contributed by atoms with Crippen LogP contribution < -0.4 is 14.5 Å². The average molecular weight is 383 g/mol. The van der Waals surface area contributed by atoms with E-state index in [0.29, 0.717) is 6.42 Å². The summed E-state index contributed by atoms with van der Waals surface area (Å²) in [5.74, 6) is 3.03. The Labute approximate surface area is 167 Å². The van der Waals surface area contributed by atoms with E-state index in [1.165, 1.54) is 5.56 Å². The maximum atomic E-state index is 11.3. The third kappa shape index (κ3) is 5.00. The summed E-state index contributed by atoms with van der Waals surface area (Å²) in [6.45, 7) is 8.41. The van der Waals surface area contributed by atoms with Gasteiger partial charge in [-0.3, -0.25) is 0 Å². The summed E-state index contributed by atoms with van der Waals surface area (Å²) in [7, 11) is 2.00. The molecule has 0 aliphatic carbocycles. The molecule has 0 bridgehead atoms. The lowest BCUT2D eigenvalue weighted by Gasteiger charge is -2.20. The number of hydrogen-bond acceptors (Lipinski definition) is 6. The first-order chi connectivity index (χ1) is 13.5. The second-order valence-electron chi connectivity index (χ2n) is 7.58. The summed E-state index contributed by atoms with van der Waals surface area (Å²) in [6.07, 6.45) is 3.50. The lowest BCUT2D eigenvalue weighted by atomic mass is 9.96. The molecule has 1 fully saturated rings. The molecule has 2 heterocycles. The van der Waals surface area contributed by atoms with Gasteiger partial charge in [0.15, 0.2) is 0 Å². The summed E-state index contributed by atoms with van der Waals surface area (Å²) in [5.41, 5.74) is 1.17. The van der Waals surface area contributed by atoms with Gasteiger partial charge in [-0.25, -0.2) is 4.98 Å². The van der Waals surface area contributed by atoms with Gasteiger partial charge in [-0.15, -0.1) is 0 Å². The van der Waals surface area contributed by atoms with Gasteiger partial charge in [0.1, 0.15) is 23.5 Å². The topological polar surface area (TPSA) is 58.6 Å². The van der Waals surface area contributed by atoms with Crippen molar-refractivity contribution in [1.29, 1.82) is 0 Å². The Morgan fingerprint density at radius 1 is 1.32 bits per heavy atom. The van der Waals surface area contributed by atoms with Crippen molar-refractivity contribution in [3.8, 4) is 5.75 Å². The van der Waals surface area contributed by atoms with Crippen molar-refractivity contribution >= 4 is 17.5 Å². The van der Waals surface area contributed by atoms with E-state index in [9.17, 15) is 4.79 Å². The van der Waals surface area contributed by atoms with Gasteiger partial charge in [-0.1, -0.05) is 19.1 Å². The molecule has 0 N–H and O–H groups in total. The minimum absolute atomic E-state index is 0.141. The van der Waals surface area contributed by atoms with E-state index in [0.717, 1.165) is 43.6 Å². The highest BCUT2D eigenvalue weighted by molar-refractivity contribution is 5.76. The van der Waals surface area contributed by atoms with E-state index in [1.54, 1.807) is 6.92 Å². The Morgan fingerprint density at radius 3 is 2.75 bits per heavy atom. The van der Waals surface area contributed by atoms with Crippen LogP contribution in [0.15, 0.2) is 36.5 Å². The zero-order valence-electron chi connectivity index (χ0n) is 17.3. The van der Waals surface area contributed by atoms with Crippen LogP contribution in [0.2, 0.25) is 0 Å². The van der Waals surface area contributed by atoms with E-state index in [1.807, 2.05) is 36.3 Å². The number of ether oxygens (including phenoxy) is 1. The summed E-state index contributed by atoms with van der Waals surface area (Å²) in [5, 5.41) is 0. The van der Waals surface area contributed by atoms with Gasteiger partial charge in [-0.05, 0) is 43.5 Å². The molecule has 1 aliphatic heterocycles. The molecule has 1 aliphatic rings. The number of carbonyl (C=O) groups is 1. The molecule has 0 radical (unpaired) electrons. The summed E-state index contributed by atoms with van der Waals surface area (Å²) < 4.78 is 6.18. The number of rotatable bonds is 8. The van der Waals surface area contributed by atoms with Gasteiger partial charge in [0.25, 0.3) is 0 Å². The van der Waals surface area contributed by atoms with E-state index in [2.05, 4.69) is 40.8 Å². The molecule has 2 atom stereocenters. The van der Waals surface area contributed by atoms with E-state index in [4.69, 9.17) is 4.74 Å². The predicted molar refractivity (Wildman–Crippen MR) is 112 cm³/mol. The first-order valence-corrected chi connectivity index (χ1v) is 10.0. The lowest BCUT2D eigenvalue weighted by Crippen LogP contribution is -2.26. The lowest BCUT2D eigenvalue weighted by molar-refractivity contribution is -0.117. The highest BCUT2D eigenvalue weighted by Crippen LogP contribution is 2.26. The largest absolute Gasteiger partial charge is 0.489 e. The molecule has 1 saturated heterocycles. The molecule has 2 aromatic rings. The molecule has 28 heavy (non-hydrogen) atoms. The number of hydrogen-bond donors (Lipinski definition) is 0. The van der Waals surface area contributed by atoms with Gasteiger partial charge in [-0.2, -0.15) is 4.98 Å². The SMILES string of the molecule is CCN(C)c1nccc(N2CC[C@@H](Oc3ccc([C@H](C)CC(C)=O)cc3)C2)n1. The highest BCUT2D eigenvalue weighted by atomic mass is 16.5. The molecule has 0 amide bonds. The van der Waals surface area contributed by atoms with Crippen LogP contribution in [0, 0.1) is 0 Å². The number of nitrogens with zero attached hydrogens (tertiary/aromatic N) is 4. The third-order valence-electron chi connectivity index (χ3n) is 5.26. The number of Topliss-reactive ketones (excluding diaryl/α,β-unsaturated/α-hetero) is 1. The number of anilines is 2. The molecule has 0 saturated carbocycles. The van der Waals surface area contributed by atoms with Crippen molar-refractivity contribution in [1.82, 2.24) is 9.97 Å². The standard InChI is InChI=1S/C22H30N4O2/c1-5-25(4)22-23-12-10-21(24-22)26-13-11-20(15-26)28-19-8-6-18(7-9-19)16(2)14-17(3)27/h6-10,12,16,20H,5,11,13-15H2,1-4H3/t16-,20-/m1/s1. The number of benzene rings is 1. The van der Waals surface area contributed by atoms with Crippen molar-refractivity contribution in [2.45, 2.75) is 45.6 Å². The fraction of sp³-hybridized carbons (Fsp3) is 0.500. The summed E-state index contributed by atoms with van der Waals surface area (Å²) in [6, 6.07) is 10.1. The van der Waals surface area contributed by atoms with Gasteiger partial charge in [0.05, 0.1) is 6.54 Å². The van der Waals surface area contributed by atoms with E-state index < -0.39 is 0 Å². The van der Waals surface area contributed by atoms with Gasteiger partial charge in [0.2, 0.25) is 5.95 Å². The van der Waals surface area contributed by atoms with Crippen LogP contribution in [0.5, 0.6) is 5.75 Å². The zero-order chi connectivity index (χ0) is 20.1. The normalized spacial score (nSPS) is 17.4. The number of ketones is 1. The molecule has 6 nitrogen and oxygen atoms in total. The second kappa shape index (κ2) is 9.04. The van der Waals surface area contributed by atoms with Gasteiger partial charge >= 0.3 is 0 Å². The molecule has 1 aromatic heterocycles. The zero-order valence-corrected chi connectivity index (χ0v) is 17.3. The Hall–Kier alpha value is -2.63. The average Bonchev–Trinajstić information content (AvgIpc) is 3.16. The van der Waals surface area contributed by atoms with Gasteiger partial charge in [0, 0.05) is 39.2 Å². The maximum absolute atomic E-state index is 11.3.